The Labute approximate surface area is 138 Å². The predicted molar refractivity (Wildman–Crippen MR) is 90.7 cm³/mol. The van der Waals surface area contributed by atoms with E-state index in [-0.39, 0.29) is 6.04 Å². The molecule has 2 rings (SSSR count). The number of hydrogen-bond donors (Lipinski definition) is 1. The summed E-state index contributed by atoms with van der Waals surface area (Å²) in [6, 6.07) is 11.5. The number of anilines is 1. The Kier molecular flexibility index (Phi) is 5.37. The molecule has 0 fully saturated rings. The Bertz CT molecular complexity index is 634. The van der Waals surface area contributed by atoms with Gasteiger partial charge in [0.15, 0.2) is 0 Å². The second-order valence-corrected chi connectivity index (χ2v) is 5.89. The minimum Gasteiger partial charge on any atom is -0.497 e. The third-order valence-corrected chi connectivity index (χ3v) is 4.10. The topological polar surface area (TPSA) is 30.5 Å². The van der Waals surface area contributed by atoms with Crippen LogP contribution in [0.4, 0.5) is 5.69 Å². The van der Waals surface area contributed by atoms with E-state index < -0.39 is 0 Å². The zero-order valence-corrected chi connectivity index (χ0v) is 14.5. The number of ether oxygens (including phenoxy) is 2. The number of halogens is 2. The van der Waals surface area contributed by atoms with Gasteiger partial charge in [-0.1, -0.05) is 11.6 Å². The summed E-state index contributed by atoms with van der Waals surface area (Å²) in [5, 5.41) is 4.13. The van der Waals surface area contributed by atoms with E-state index in [4.69, 9.17) is 21.1 Å². The average Bonchev–Trinajstić information content (AvgIpc) is 2.49. The molecule has 5 heteroatoms. The Morgan fingerprint density at radius 3 is 2.48 bits per heavy atom. The van der Waals surface area contributed by atoms with E-state index in [0.29, 0.717) is 5.02 Å². The summed E-state index contributed by atoms with van der Waals surface area (Å²) in [5.41, 5.74) is 2.00. The largest absolute Gasteiger partial charge is 0.497 e. The molecule has 1 atom stereocenters. The molecule has 0 aromatic heterocycles. The van der Waals surface area contributed by atoms with Crippen LogP contribution in [-0.4, -0.2) is 14.2 Å². The van der Waals surface area contributed by atoms with E-state index in [0.717, 1.165) is 27.2 Å². The van der Waals surface area contributed by atoms with Crippen LogP contribution in [0.2, 0.25) is 5.02 Å². The second-order valence-electron chi connectivity index (χ2n) is 4.60. The van der Waals surface area contributed by atoms with Gasteiger partial charge in [-0.2, -0.15) is 0 Å². The summed E-state index contributed by atoms with van der Waals surface area (Å²) in [7, 11) is 3.32. The van der Waals surface area contributed by atoms with Gasteiger partial charge in [-0.3, -0.25) is 0 Å². The van der Waals surface area contributed by atoms with Crippen LogP contribution in [0, 0.1) is 0 Å². The lowest BCUT2D eigenvalue weighted by atomic mass is 10.1. The number of rotatable bonds is 5. The highest BCUT2D eigenvalue weighted by atomic mass is 79.9. The lowest BCUT2D eigenvalue weighted by Gasteiger charge is -2.20. The first-order chi connectivity index (χ1) is 10.0. The standard InChI is InChI=1S/C16H17BrClNO2/c1-10(19-15-6-4-11(18)8-14(15)17)13-9-12(20-2)5-7-16(13)21-3/h4-10,19H,1-3H3. The van der Waals surface area contributed by atoms with Crippen molar-refractivity contribution in [1.29, 1.82) is 0 Å². The number of hydrogen-bond acceptors (Lipinski definition) is 3. The monoisotopic (exact) mass is 369 g/mol. The third-order valence-electron chi connectivity index (χ3n) is 3.21. The molecule has 2 aromatic rings. The molecule has 3 nitrogen and oxygen atoms in total. The Hall–Kier alpha value is -1.39. The molecule has 21 heavy (non-hydrogen) atoms. The molecule has 1 unspecified atom stereocenters. The fourth-order valence-electron chi connectivity index (χ4n) is 2.10. The number of benzene rings is 2. The van der Waals surface area contributed by atoms with Gasteiger partial charge in [-0.05, 0) is 59.3 Å². The van der Waals surface area contributed by atoms with E-state index in [1.165, 1.54) is 0 Å². The van der Waals surface area contributed by atoms with Crippen LogP contribution in [0.5, 0.6) is 11.5 Å². The van der Waals surface area contributed by atoms with Crippen LogP contribution in [0.3, 0.4) is 0 Å². The number of nitrogens with one attached hydrogen (secondary N) is 1. The molecule has 0 saturated heterocycles. The van der Waals surface area contributed by atoms with Crippen molar-refractivity contribution < 1.29 is 9.47 Å². The molecule has 1 N–H and O–H groups in total. The van der Waals surface area contributed by atoms with Crippen LogP contribution < -0.4 is 14.8 Å². The Morgan fingerprint density at radius 1 is 1.10 bits per heavy atom. The van der Waals surface area contributed by atoms with Crippen molar-refractivity contribution in [3.63, 3.8) is 0 Å². The molecule has 0 bridgehead atoms. The minimum absolute atomic E-state index is 0.0486. The van der Waals surface area contributed by atoms with E-state index in [1.807, 2.05) is 36.4 Å². The van der Waals surface area contributed by atoms with Gasteiger partial charge in [-0.25, -0.2) is 0 Å². The summed E-state index contributed by atoms with van der Waals surface area (Å²) in [5.74, 6) is 1.62. The molecule has 0 aliphatic carbocycles. The van der Waals surface area contributed by atoms with E-state index in [1.54, 1.807) is 14.2 Å². The normalized spacial score (nSPS) is 11.9. The quantitative estimate of drug-likeness (QED) is 0.775. The third kappa shape index (κ3) is 3.83. The van der Waals surface area contributed by atoms with Crippen molar-refractivity contribution in [2.45, 2.75) is 13.0 Å². The molecule has 112 valence electrons. The van der Waals surface area contributed by atoms with Crippen LogP contribution in [-0.2, 0) is 0 Å². The van der Waals surface area contributed by atoms with Gasteiger partial charge in [0.1, 0.15) is 11.5 Å². The molecular weight excluding hydrogens is 354 g/mol. The zero-order valence-electron chi connectivity index (χ0n) is 12.1. The minimum atomic E-state index is 0.0486. The van der Waals surface area contributed by atoms with Crippen LogP contribution >= 0.6 is 27.5 Å². The smallest absolute Gasteiger partial charge is 0.124 e. The van der Waals surface area contributed by atoms with E-state index >= 15 is 0 Å². The molecule has 0 aliphatic heterocycles. The molecule has 0 radical (unpaired) electrons. The highest BCUT2D eigenvalue weighted by Gasteiger charge is 2.14. The fourth-order valence-corrected chi connectivity index (χ4v) is 2.89. The molecule has 0 aliphatic rings. The van der Waals surface area contributed by atoms with Crippen molar-refractivity contribution in [3.05, 3.63) is 51.5 Å². The fraction of sp³-hybridized carbons (Fsp3) is 0.250. The molecule has 0 heterocycles. The van der Waals surface area contributed by atoms with Crippen molar-refractivity contribution in [2.75, 3.05) is 19.5 Å². The Balaban J connectivity index is 2.28. The lowest BCUT2D eigenvalue weighted by Crippen LogP contribution is -2.09. The van der Waals surface area contributed by atoms with Gasteiger partial charge in [0.2, 0.25) is 0 Å². The van der Waals surface area contributed by atoms with Crippen molar-refractivity contribution in [3.8, 4) is 11.5 Å². The van der Waals surface area contributed by atoms with Gasteiger partial charge in [0.05, 0.1) is 20.3 Å². The maximum atomic E-state index is 5.96. The van der Waals surface area contributed by atoms with Gasteiger partial charge in [-0.15, -0.1) is 0 Å². The highest BCUT2D eigenvalue weighted by molar-refractivity contribution is 9.10. The van der Waals surface area contributed by atoms with Gasteiger partial charge < -0.3 is 14.8 Å². The zero-order chi connectivity index (χ0) is 15.4. The van der Waals surface area contributed by atoms with Gasteiger partial charge >= 0.3 is 0 Å². The van der Waals surface area contributed by atoms with Crippen LogP contribution in [0.25, 0.3) is 0 Å². The van der Waals surface area contributed by atoms with Crippen molar-refractivity contribution in [1.82, 2.24) is 0 Å². The maximum Gasteiger partial charge on any atom is 0.124 e. The molecule has 0 spiro atoms. The van der Waals surface area contributed by atoms with Crippen molar-refractivity contribution >= 4 is 33.2 Å². The summed E-state index contributed by atoms with van der Waals surface area (Å²) in [4.78, 5) is 0. The lowest BCUT2D eigenvalue weighted by molar-refractivity contribution is 0.397. The number of methoxy groups -OCH3 is 2. The second kappa shape index (κ2) is 7.05. The molecule has 2 aromatic carbocycles. The highest BCUT2D eigenvalue weighted by Crippen LogP contribution is 2.33. The van der Waals surface area contributed by atoms with E-state index in [9.17, 15) is 0 Å². The first kappa shape index (κ1) is 16.0. The SMILES string of the molecule is COc1ccc(OC)c(C(C)Nc2ccc(Cl)cc2Br)c1. The van der Waals surface area contributed by atoms with Crippen LogP contribution in [0.15, 0.2) is 40.9 Å². The predicted octanol–water partition coefficient (Wildman–Crippen LogP) is 5.29. The van der Waals surface area contributed by atoms with E-state index in [2.05, 4.69) is 28.2 Å². The summed E-state index contributed by atoms with van der Waals surface area (Å²) >= 11 is 9.47. The average molecular weight is 371 g/mol. The first-order valence-electron chi connectivity index (χ1n) is 6.48. The summed E-state index contributed by atoms with van der Waals surface area (Å²) in [6.07, 6.45) is 0. The summed E-state index contributed by atoms with van der Waals surface area (Å²) < 4.78 is 11.6. The van der Waals surface area contributed by atoms with Gasteiger partial charge in [0, 0.05) is 20.7 Å². The maximum absolute atomic E-state index is 5.96. The molecule has 0 amide bonds. The Morgan fingerprint density at radius 2 is 1.86 bits per heavy atom. The van der Waals surface area contributed by atoms with Crippen molar-refractivity contribution in [2.24, 2.45) is 0 Å². The first-order valence-corrected chi connectivity index (χ1v) is 7.65. The summed E-state index contributed by atoms with van der Waals surface area (Å²) in [6.45, 7) is 2.07. The molecular formula is C16H17BrClNO2. The van der Waals surface area contributed by atoms with Crippen LogP contribution in [0.1, 0.15) is 18.5 Å². The molecule has 0 saturated carbocycles. The van der Waals surface area contributed by atoms with Gasteiger partial charge in [0.25, 0.3) is 0 Å².